The number of nitrogens with zero attached hydrogens (tertiary/aromatic N) is 1. The van der Waals surface area contributed by atoms with Gasteiger partial charge in [0.05, 0.1) is 6.04 Å². The van der Waals surface area contributed by atoms with Crippen LogP contribution in [-0.4, -0.2) is 18.9 Å². The molecule has 0 spiro atoms. The number of carbonyl (C=O) groups is 1. The number of hydrogen-bond acceptors (Lipinski definition) is 3. The first-order valence-electron chi connectivity index (χ1n) is 7.04. The molecule has 0 radical (unpaired) electrons. The van der Waals surface area contributed by atoms with Gasteiger partial charge in [-0.1, -0.05) is 17.7 Å². The summed E-state index contributed by atoms with van der Waals surface area (Å²) >= 11 is 5.98. The van der Waals surface area contributed by atoms with Gasteiger partial charge in [-0.3, -0.25) is 4.79 Å². The third-order valence-corrected chi connectivity index (χ3v) is 5.14. The molecule has 0 saturated carbocycles. The number of amides is 1. The summed E-state index contributed by atoms with van der Waals surface area (Å²) in [6, 6.07) is 6.79. The predicted octanol–water partition coefficient (Wildman–Crippen LogP) is 1.74. The highest BCUT2D eigenvalue weighted by atomic mass is 35.5. The van der Waals surface area contributed by atoms with Gasteiger partial charge < -0.3 is 9.88 Å². The molecule has 8 heteroatoms. The third-order valence-electron chi connectivity index (χ3n) is 4.03. The van der Waals surface area contributed by atoms with Gasteiger partial charge >= 0.3 is 0 Å². The molecule has 0 bridgehead atoms. The number of benzene rings is 1. The van der Waals surface area contributed by atoms with E-state index in [4.69, 9.17) is 16.7 Å². The largest absolute Gasteiger partial charge is 0.345 e. The topological polar surface area (TPSA) is 94.2 Å². The Balaban J connectivity index is 1.83. The fourth-order valence-corrected chi connectivity index (χ4v) is 3.66. The molecule has 0 fully saturated rings. The Bertz CT molecular complexity index is 889. The maximum Gasteiger partial charge on any atom is 0.268 e. The Morgan fingerprint density at radius 1 is 1.39 bits per heavy atom. The van der Waals surface area contributed by atoms with Gasteiger partial charge in [0.2, 0.25) is 10.0 Å². The number of primary sulfonamides is 1. The molecule has 122 valence electrons. The summed E-state index contributed by atoms with van der Waals surface area (Å²) in [5.74, 6) is -0.338. The van der Waals surface area contributed by atoms with Crippen LogP contribution in [0.2, 0.25) is 5.02 Å². The van der Waals surface area contributed by atoms with E-state index in [1.165, 1.54) is 16.8 Å². The molecule has 3 rings (SSSR count). The van der Waals surface area contributed by atoms with Gasteiger partial charge in [0.25, 0.3) is 5.91 Å². The number of nitrogens with two attached hydrogens (primary N) is 1. The van der Waals surface area contributed by atoms with E-state index in [2.05, 4.69) is 5.32 Å². The second kappa shape index (κ2) is 5.67. The lowest BCUT2D eigenvalue weighted by atomic mass is 10.1. The number of fused-ring (bicyclic) bond motifs is 1. The van der Waals surface area contributed by atoms with Crippen LogP contribution in [0, 0.1) is 0 Å². The van der Waals surface area contributed by atoms with Crippen molar-refractivity contribution < 1.29 is 13.2 Å². The van der Waals surface area contributed by atoms with Crippen LogP contribution < -0.4 is 10.5 Å². The zero-order chi connectivity index (χ0) is 16.8. The van der Waals surface area contributed by atoms with Crippen molar-refractivity contribution in [2.75, 3.05) is 0 Å². The minimum Gasteiger partial charge on any atom is -0.345 e. The molecular formula is C15H16ClN3O3S. The summed E-state index contributed by atoms with van der Waals surface area (Å²) in [6.07, 6.45) is 2.96. The van der Waals surface area contributed by atoms with E-state index in [1.54, 1.807) is 13.1 Å². The molecule has 1 amide bonds. The SMILES string of the molecule is Cn1cc(S(N)(=O)=O)cc1C(=O)NC1CCc2cc(Cl)ccc21. The standard InChI is InChI=1S/C15H16ClN3O3S/c1-19-8-11(23(17,21)22)7-14(19)15(20)18-13-5-2-9-6-10(16)3-4-12(9)13/h3-4,6-8,13H,2,5H2,1H3,(H,18,20)(H2,17,21,22). The van der Waals surface area contributed by atoms with Gasteiger partial charge in [0.15, 0.2) is 0 Å². The lowest BCUT2D eigenvalue weighted by molar-refractivity contribution is 0.0928. The third kappa shape index (κ3) is 3.12. The number of sulfonamides is 1. The van der Waals surface area contributed by atoms with Gasteiger partial charge in [-0.25, -0.2) is 13.6 Å². The Kier molecular flexibility index (Phi) is 3.95. The summed E-state index contributed by atoms with van der Waals surface area (Å²) in [5.41, 5.74) is 2.42. The van der Waals surface area contributed by atoms with Crippen molar-refractivity contribution in [3.05, 3.63) is 52.3 Å². The predicted molar refractivity (Wildman–Crippen MR) is 86.8 cm³/mol. The normalized spacial score (nSPS) is 17.1. The number of halogens is 1. The minimum atomic E-state index is -3.83. The second-order valence-electron chi connectivity index (χ2n) is 5.62. The van der Waals surface area contributed by atoms with Crippen LogP contribution in [0.15, 0.2) is 35.4 Å². The van der Waals surface area contributed by atoms with E-state index < -0.39 is 10.0 Å². The highest BCUT2D eigenvalue weighted by Gasteiger charge is 2.26. The lowest BCUT2D eigenvalue weighted by Gasteiger charge is -2.14. The summed E-state index contributed by atoms with van der Waals surface area (Å²) in [6.45, 7) is 0. The number of aromatic nitrogens is 1. The maximum absolute atomic E-state index is 12.4. The highest BCUT2D eigenvalue weighted by Crippen LogP contribution is 2.33. The van der Waals surface area contributed by atoms with Crippen LogP contribution in [0.5, 0.6) is 0 Å². The monoisotopic (exact) mass is 353 g/mol. The van der Waals surface area contributed by atoms with Crippen LogP contribution >= 0.6 is 11.6 Å². The van der Waals surface area contributed by atoms with Crippen LogP contribution in [0.3, 0.4) is 0 Å². The van der Waals surface area contributed by atoms with Crippen LogP contribution in [0.25, 0.3) is 0 Å². The highest BCUT2D eigenvalue weighted by molar-refractivity contribution is 7.89. The molecule has 1 aromatic heterocycles. The average molecular weight is 354 g/mol. The first-order chi connectivity index (χ1) is 10.8. The van der Waals surface area contributed by atoms with E-state index in [-0.39, 0.29) is 22.5 Å². The van der Waals surface area contributed by atoms with Gasteiger partial charge in [-0.15, -0.1) is 0 Å². The smallest absolute Gasteiger partial charge is 0.268 e. The lowest BCUT2D eigenvalue weighted by Crippen LogP contribution is -2.28. The Morgan fingerprint density at radius 3 is 2.78 bits per heavy atom. The molecule has 1 aliphatic rings. The Morgan fingerprint density at radius 2 is 2.13 bits per heavy atom. The van der Waals surface area contributed by atoms with Crippen molar-refractivity contribution in [1.29, 1.82) is 0 Å². The van der Waals surface area contributed by atoms with E-state index in [0.717, 1.165) is 24.0 Å². The Labute approximate surface area is 139 Å². The fourth-order valence-electron chi connectivity index (χ4n) is 2.88. The summed E-state index contributed by atoms with van der Waals surface area (Å²) in [5, 5.41) is 8.71. The molecule has 1 heterocycles. The average Bonchev–Trinajstić information content (AvgIpc) is 3.02. The van der Waals surface area contributed by atoms with Crippen molar-refractivity contribution in [2.24, 2.45) is 12.2 Å². The van der Waals surface area contributed by atoms with Gasteiger partial charge in [0, 0.05) is 18.3 Å². The number of nitrogens with one attached hydrogen (secondary N) is 1. The molecule has 0 aliphatic heterocycles. The molecule has 1 unspecified atom stereocenters. The molecular weight excluding hydrogens is 338 g/mol. The zero-order valence-corrected chi connectivity index (χ0v) is 14.0. The maximum atomic E-state index is 12.4. The number of aryl methyl sites for hydroxylation is 2. The van der Waals surface area contributed by atoms with Crippen molar-refractivity contribution in [3.63, 3.8) is 0 Å². The van der Waals surface area contributed by atoms with Crippen molar-refractivity contribution in [1.82, 2.24) is 9.88 Å². The number of hydrogen-bond donors (Lipinski definition) is 2. The van der Waals surface area contributed by atoms with E-state index in [0.29, 0.717) is 5.02 Å². The first kappa shape index (κ1) is 16.0. The van der Waals surface area contributed by atoms with Crippen LogP contribution in [-0.2, 0) is 23.5 Å². The van der Waals surface area contributed by atoms with Crippen LogP contribution in [0.1, 0.15) is 34.1 Å². The van der Waals surface area contributed by atoms with Crippen molar-refractivity contribution in [2.45, 2.75) is 23.8 Å². The molecule has 3 N–H and O–H groups in total. The zero-order valence-electron chi connectivity index (χ0n) is 12.4. The van der Waals surface area contributed by atoms with E-state index in [9.17, 15) is 13.2 Å². The second-order valence-corrected chi connectivity index (χ2v) is 7.62. The molecule has 1 aromatic carbocycles. The molecule has 0 saturated heterocycles. The summed E-state index contributed by atoms with van der Waals surface area (Å²) < 4.78 is 24.2. The van der Waals surface area contributed by atoms with Gasteiger partial charge in [0.1, 0.15) is 10.6 Å². The first-order valence-corrected chi connectivity index (χ1v) is 8.96. The summed E-state index contributed by atoms with van der Waals surface area (Å²) in [4.78, 5) is 12.4. The van der Waals surface area contributed by atoms with Crippen molar-refractivity contribution >= 4 is 27.5 Å². The minimum absolute atomic E-state index is 0.0799. The number of rotatable bonds is 3. The van der Waals surface area contributed by atoms with E-state index >= 15 is 0 Å². The van der Waals surface area contributed by atoms with E-state index in [1.807, 2.05) is 12.1 Å². The van der Waals surface area contributed by atoms with Crippen LogP contribution in [0.4, 0.5) is 0 Å². The van der Waals surface area contributed by atoms with Gasteiger partial charge in [-0.2, -0.15) is 0 Å². The molecule has 2 aromatic rings. The number of carbonyl (C=O) groups excluding carboxylic acids is 1. The molecule has 6 nitrogen and oxygen atoms in total. The molecule has 1 atom stereocenters. The van der Waals surface area contributed by atoms with Gasteiger partial charge in [-0.05, 0) is 42.2 Å². The van der Waals surface area contributed by atoms with Crippen molar-refractivity contribution in [3.8, 4) is 0 Å². The fraction of sp³-hybridized carbons (Fsp3) is 0.267. The quantitative estimate of drug-likeness (QED) is 0.880. The summed E-state index contributed by atoms with van der Waals surface area (Å²) in [7, 11) is -2.23. The molecule has 1 aliphatic carbocycles. The molecule has 23 heavy (non-hydrogen) atoms. The Hall–Kier alpha value is -1.83.